The van der Waals surface area contributed by atoms with Gasteiger partial charge in [-0.15, -0.1) is 0 Å². The standard InChI is InChI=1S/C12H11N3O3/c13-7-1-4-11(14-6-7)15-12(18)9-3-2-8(16)5-10(9)17/h1-6,16-17H,13H2,(H,14,15,18). The van der Waals surface area contributed by atoms with Gasteiger partial charge in [-0.25, -0.2) is 4.98 Å². The van der Waals surface area contributed by atoms with Gasteiger partial charge in [0.25, 0.3) is 5.91 Å². The number of aromatic nitrogens is 1. The lowest BCUT2D eigenvalue weighted by atomic mass is 10.2. The van der Waals surface area contributed by atoms with Crippen LogP contribution in [0.5, 0.6) is 11.5 Å². The Hall–Kier alpha value is -2.76. The zero-order chi connectivity index (χ0) is 13.1. The first-order valence-corrected chi connectivity index (χ1v) is 5.11. The number of aromatic hydroxyl groups is 2. The van der Waals surface area contributed by atoms with Crippen LogP contribution in [-0.4, -0.2) is 21.1 Å². The summed E-state index contributed by atoms with van der Waals surface area (Å²) in [7, 11) is 0. The third-order valence-corrected chi connectivity index (χ3v) is 2.25. The average Bonchev–Trinajstić information content (AvgIpc) is 2.32. The number of phenols is 2. The van der Waals surface area contributed by atoms with Crippen LogP contribution < -0.4 is 11.1 Å². The summed E-state index contributed by atoms with van der Waals surface area (Å²) < 4.78 is 0. The minimum atomic E-state index is -0.523. The van der Waals surface area contributed by atoms with Crippen LogP contribution in [0.3, 0.4) is 0 Å². The fraction of sp³-hybridized carbons (Fsp3) is 0. The Balaban J connectivity index is 2.19. The third-order valence-electron chi connectivity index (χ3n) is 2.25. The number of nitrogens with zero attached hydrogens (tertiary/aromatic N) is 1. The van der Waals surface area contributed by atoms with E-state index < -0.39 is 5.91 Å². The van der Waals surface area contributed by atoms with Crippen molar-refractivity contribution in [3.63, 3.8) is 0 Å². The summed E-state index contributed by atoms with van der Waals surface area (Å²) in [6.45, 7) is 0. The average molecular weight is 245 g/mol. The molecule has 5 N–H and O–H groups in total. The van der Waals surface area contributed by atoms with E-state index in [9.17, 15) is 9.90 Å². The zero-order valence-corrected chi connectivity index (χ0v) is 9.29. The van der Waals surface area contributed by atoms with E-state index in [1.54, 1.807) is 12.1 Å². The predicted molar refractivity (Wildman–Crippen MR) is 66.4 cm³/mol. The molecule has 0 aliphatic rings. The quantitative estimate of drug-likeness (QED) is 0.638. The second-order valence-corrected chi connectivity index (χ2v) is 3.63. The molecule has 0 saturated heterocycles. The molecule has 1 amide bonds. The first-order chi connectivity index (χ1) is 8.56. The van der Waals surface area contributed by atoms with Gasteiger partial charge in [0, 0.05) is 6.07 Å². The fourth-order valence-corrected chi connectivity index (χ4v) is 1.37. The molecule has 6 nitrogen and oxygen atoms in total. The highest BCUT2D eigenvalue weighted by Crippen LogP contribution is 2.23. The van der Waals surface area contributed by atoms with Crippen LogP contribution in [0.2, 0.25) is 0 Å². The molecule has 0 saturated carbocycles. The summed E-state index contributed by atoms with van der Waals surface area (Å²) in [6.07, 6.45) is 1.41. The van der Waals surface area contributed by atoms with E-state index in [0.29, 0.717) is 11.5 Å². The van der Waals surface area contributed by atoms with E-state index in [-0.39, 0.29) is 17.1 Å². The number of hydrogen-bond donors (Lipinski definition) is 4. The van der Waals surface area contributed by atoms with Crippen LogP contribution >= 0.6 is 0 Å². The van der Waals surface area contributed by atoms with Crippen LogP contribution in [0.25, 0.3) is 0 Å². The Labute approximate surface area is 103 Å². The van der Waals surface area contributed by atoms with E-state index in [2.05, 4.69) is 10.3 Å². The molecule has 6 heteroatoms. The van der Waals surface area contributed by atoms with Gasteiger partial charge in [-0.1, -0.05) is 0 Å². The molecule has 0 unspecified atom stereocenters. The molecular formula is C12H11N3O3. The Morgan fingerprint density at radius 3 is 2.61 bits per heavy atom. The van der Waals surface area contributed by atoms with Gasteiger partial charge in [-0.3, -0.25) is 4.79 Å². The van der Waals surface area contributed by atoms with Crippen molar-refractivity contribution < 1.29 is 15.0 Å². The SMILES string of the molecule is Nc1ccc(NC(=O)c2ccc(O)cc2O)nc1. The number of benzene rings is 1. The molecule has 2 rings (SSSR count). The summed E-state index contributed by atoms with van der Waals surface area (Å²) >= 11 is 0. The number of nitrogens with one attached hydrogen (secondary N) is 1. The molecule has 0 aliphatic carbocycles. The van der Waals surface area contributed by atoms with Crippen molar-refractivity contribution in [2.45, 2.75) is 0 Å². The number of nitrogen functional groups attached to an aromatic ring is 1. The summed E-state index contributed by atoms with van der Waals surface area (Å²) in [5.74, 6) is -0.621. The maximum absolute atomic E-state index is 11.8. The van der Waals surface area contributed by atoms with Crippen molar-refractivity contribution in [3.8, 4) is 11.5 Å². The Morgan fingerprint density at radius 1 is 1.22 bits per heavy atom. The minimum absolute atomic E-state index is 0.0476. The van der Waals surface area contributed by atoms with Crippen LogP contribution in [0, 0.1) is 0 Å². The Bertz CT molecular complexity index is 582. The molecule has 0 atom stereocenters. The molecule has 0 bridgehead atoms. The molecule has 2 aromatic rings. The molecule has 1 aromatic heterocycles. The van der Waals surface area contributed by atoms with Crippen LogP contribution in [0.4, 0.5) is 11.5 Å². The molecular weight excluding hydrogens is 234 g/mol. The normalized spacial score (nSPS) is 10.0. The first kappa shape index (κ1) is 11.7. The topological polar surface area (TPSA) is 108 Å². The summed E-state index contributed by atoms with van der Waals surface area (Å²) in [5.41, 5.74) is 6.00. The molecule has 0 radical (unpaired) electrons. The van der Waals surface area contributed by atoms with Gasteiger partial charge in [0.1, 0.15) is 17.3 Å². The maximum atomic E-state index is 11.8. The monoisotopic (exact) mass is 245 g/mol. The molecule has 18 heavy (non-hydrogen) atoms. The number of carbonyl (C=O) groups excluding carboxylic acids is 1. The number of nitrogens with two attached hydrogens (primary N) is 1. The van der Waals surface area contributed by atoms with Gasteiger partial charge in [-0.2, -0.15) is 0 Å². The number of rotatable bonds is 2. The second kappa shape index (κ2) is 4.62. The second-order valence-electron chi connectivity index (χ2n) is 3.63. The van der Waals surface area contributed by atoms with Crippen LogP contribution in [-0.2, 0) is 0 Å². The van der Waals surface area contributed by atoms with Gasteiger partial charge in [0.2, 0.25) is 0 Å². The lowest BCUT2D eigenvalue weighted by molar-refractivity contribution is 0.102. The van der Waals surface area contributed by atoms with Crippen molar-refractivity contribution in [1.82, 2.24) is 4.98 Å². The van der Waals surface area contributed by atoms with Gasteiger partial charge in [-0.05, 0) is 24.3 Å². The van der Waals surface area contributed by atoms with Gasteiger partial charge < -0.3 is 21.3 Å². The molecule has 0 aliphatic heterocycles. The van der Waals surface area contributed by atoms with E-state index in [0.717, 1.165) is 6.07 Å². The lowest BCUT2D eigenvalue weighted by Crippen LogP contribution is -2.13. The van der Waals surface area contributed by atoms with E-state index in [1.165, 1.54) is 18.3 Å². The number of phenolic OH excluding ortho intramolecular Hbond substituents is 2. The summed E-state index contributed by atoms with van der Waals surface area (Å²) in [4.78, 5) is 15.7. The van der Waals surface area contributed by atoms with Crippen LogP contribution in [0.15, 0.2) is 36.5 Å². The number of amides is 1. The van der Waals surface area contributed by atoms with Crippen LogP contribution in [0.1, 0.15) is 10.4 Å². The first-order valence-electron chi connectivity index (χ1n) is 5.11. The fourth-order valence-electron chi connectivity index (χ4n) is 1.37. The van der Waals surface area contributed by atoms with Gasteiger partial charge >= 0.3 is 0 Å². The maximum Gasteiger partial charge on any atom is 0.260 e. The lowest BCUT2D eigenvalue weighted by Gasteiger charge is -2.06. The third kappa shape index (κ3) is 2.49. The van der Waals surface area contributed by atoms with E-state index in [1.807, 2.05) is 0 Å². The van der Waals surface area contributed by atoms with E-state index in [4.69, 9.17) is 10.8 Å². The Morgan fingerprint density at radius 2 is 2.00 bits per heavy atom. The molecule has 92 valence electrons. The summed E-state index contributed by atoms with van der Waals surface area (Å²) in [5, 5.41) is 21.1. The highest BCUT2D eigenvalue weighted by molar-refractivity contribution is 6.05. The number of hydrogen-bond acceptors (Lipinski definition) is 5. The minimum Gasteiger partial charge on any atom is -0.508 e. The largest absolute Gasteiger partial charge is 0.508 e. The van der Waals surface area contributed by atoms with Crippen molar-refractivity contribution in [2.24, 2.45) is 0 Å². The predicted octanol–water partition coefficient (Wildman–Crippen LogP) is 1.33. The van der Waals surface area contributed by atoms with Crippen molar-refractivity contribution in [2.75, 3.05) is 11.1 Å². The number of anilines is 2. The molecule has 1 heterocycles. The van der Waals surface area contributed by atoms with Gasteiger partial charge in [0.05, 0.1) is 17.4 Å². The zero-order valence-electron chi connectivity index (χ0n) is 9.29. The number of pyridine rings is 1. The smallest absolute Gasteiger partial charge is 0.260 e. The van der Waals surface area contributed by atoms with Crippen molar-refractivity contribution >= 4 is 17.4 Å². The molecule has 0 fully saturated rings. The number of carbonyl (C=O) groups is 1. The summed E-state index contributed by atoms with van der Waals surface area (Å²) in [6, 6.07) is 6.86. The van der Waals surface area contributed by atoms with Gasteiger partial charge in [0.15, 0.2) is 0 Å². The molecule has 1 aromatic carbocycles. The Kier molecular flexibility index (Phi) is 3.01. The highest BCUT2D eigenvalue weighted by Gasteiger charge is 2.12. The highest BCUT2D eigenvalue weighted by atomic mass is 16.3. The van der Waals surface area contributed by atoms with Crippen molar-refractivity contribution in [1.29, 1.82) is 0 Å². The van der Waals surface area contributed by atoms with E-state index >= 15 is 0 Å². The van der Waals surface area contributed by atoms with Crippen molar-refractivity contribution in [3.05, 3.63) is 42.1 Å². The molecule has 0 spiro atoms.